The first-order chi connectivity index (χ1) is 14.3. The molecule has 0 fully saturated rings. The van der Waals surface area contributed by atoms with Crippen molar-refractivity contribution in [1.29, 1.82) is 0 Å². The van der Waals surface area contributed by atoms with E-state index in [0.717, 1.165) is 0 Å². The average Bonchev–Trinajstić information content (AvgIpc) is 3.20. The van der Waals surface area contributed by atoms with Gasteiger partial charge in [-0.1, -0.05) is 19.9 Å². The van der Waals surface area contributed by atoms with Gasteiger partial charge in [0.25, 0.3) is 5.91 Å². The van der Waals surface area contributed by atoms with Crippen LogP contribution in [-0.2, 0) is 19.6 Å². The Bertz CT molecular complexity index is 983. The molecule has 2 rings (SSSR count). The fraction of sp³-hybridized carbons (Fsp3) is 0.316. The van der Waals surface area contributed by atoms with Gasteiger partial charge in [-0.25, -0.2) is 18.2 Å². The number of carbonyl (C=O) groups is 2. The number of anilines is 2. The number of esters is 1. The number of carbonyl (C=O) groups excluding carboxylic acids is 2. The standard InChI is InChI=1S/C19H24N4O5S2/c1-4-11-20-19-22-16(13-29-19)18(25)28-12-17(24)21-14-7-9-15(10-8-14)30(26,27)23(5-2)6-3/h4,7-10,13H,1,5-6,11-12H2,2-3H3,(H,20,22)(H,21,24). The molecule has 1 aromatic carbocycles. The van der Waals surface area contributed by atoms with E-state index in [4.69, 9.17) is 4.74 Å². The Morgan fingerprint density at radius 1 is 1.23 bits per heavy atom. The SMILES string of the molecule is C=CCNc1nc(C(=O)OCC(=O)Nc2ccc(S(=O)(=O)N(CC)CC)cc2)cs1. The largest absolute Gasteiger partial charge is 0.451 e. The third-order valence-corrected chi connectivity index (χ3v) is 6.79. The second kappa shape index (κ2) is 10.9. The maximum atomic E-state index is 12.5. The van der Waals surface area contributed by atoms with E-state index in [1.165, 1.54) is 45.3 Å². The molecule has 0 aliphatic rings. The van der Waals surface area contributed by atoms with Crippen LogP contribution in [0.3, 0.4) is 0 Å². The summed E-state index contributed by atoms with van der Waals surface area (Å²) in [5.41, 5.74) is 0.490. The summed E-state index contributed by atoms with van der Waals surface area (Å²) < 4.78 is 31.2. The average molecular weight is 453 g/mol. The van der Waals surface area contributed by atoms with Crippen LogP contribution in [0, 0.1) is 0 Å². The number of hydrogen-bond donors (Lipinski definition) is 2. The van der Waals surface area contributed by atoms with Crippen LogP contribution < -0.4 is 10.6 Å². The van der Waals surface area contributed by atoms with Gasteiger partial charge in [0.15, 0.2) is 17.4 Å². The molecule has 2 aromatic rings. The summed E-state index contributed by atoms with van der Waals surface area (Å²) in [6.07, 6.45) is 1.66. The number of benzene rings is 1. The maximum Gasteiger partial charge on any atom is 0.358 e. The van der Waals surface area contributed by atoms with Gasteiger partial charge in [-0.15, -0.1) is 17.9 Å². The number of aromatic nitrogens is 1. The van der Waals surface area contributed by atoms with Gasteiger partial charge in [0.1, 0.15) is 0 Å². The number of nitrogens with zero attached hydrogens (tertiary/aromatic N) is 2. The molecular formula is C19H24N4O5S2. The normalized spacial score (nSPS) is 11.2. The molecule has 9 nitrogen and oxygen atoms in total. The first-order valence-electron chi connectivity index (χ1n) is 9.19. The lowest BCUT2D eigenvalue weighted by molar-refractivity contribution is -0.119. The van der Waals surface area contributed by atoms with Gasteiger partial charge >= 0.3 is 5.97 Å². The molecule has 0 atom stereocenters. The third-order valence-electron chi connectivity index (χ3n) is 3.93. The molecule has 0 aliphatic heterocycles. The van der Waals surface area contributed by atoms with E-state index in [9.17, 15) is 18.0 Å². The van der Waals surface area contributed by atoms with Crippen LogP contribution in [0.2, 0.25) is 0 Å². The predicted octanol–water partition coefficient (Wildman–Crippen LogP) is 2.57. The molecule has 0 bridgehead atoms. The van der Waals surface area contributed by atoms with Crippen LogP contribution in [0.5, 0.6) is 0 Å². The lowest BCUT2D eigenvalue weighted by atomic mass is 10.3. The second-order valence-corrected chi connectivity index (χ2v) is 8.74. The molecule has 11 heteroatoms. The Labute approximate surface area is 179 Å². The molecule has 0 radical (unpaired) electrons. The van der Waals surface area contributed by atoms with E-state index >= 15 is 0 Å². The maximum absolute atomic E-state index is 12.5. The van der Waals surface area contributed by atoms with Crippen molar-refractivity contribution in [3.8, 4) is 0 Å². The minimum Gasteiger partial charge on any atom is -0.451 e. The number of thiazole rings is 1. The second-order valence-electron chi connectivity index (χ2n) is 5.95. The smallest absolute Gasteiger partial charge is 0.358 e. The molecule has 1 aromatic heterocycles. The molecule has 0 spiro atoms. The summed E-state index contributed by atoms with van der Waals surface area (Å²) >= 11 is 1.24. The van der Waals surface area contributed by atoms with Crippen LogP contribution in [0.25, 0.3) is 0 Å². The third kappa shape index (κ3) is 6.12. The highest BCUT2D eigenvalue weighted by Gasteiger charge is 2.21. The van der Waals surface area contributed by atoms with Crippen molar-refractivity contribution >= 4 is 44.1 Å². The fourth-order valence-corrected chi connectivity index (χ4v) is 4.58. The van der Waals surface area contributed by atoms with Crippen molar-refractivity contribution in [2.24, 2.45) is 0 Å². The van der Waals surface area contributed by atoms with E-state index in [0.29, 0.717) is 30.5 Å². The summed E-state index contributed by atoms with van der Waals surface area (Å²) in [4.78, 5) is 28.2. The molecule has 1 heterocycles. The zero-order valence-electron chi connectivity index (χ0n) is 16.8. The summed E-state index contributed by atoms with van der Waals surface area (Å²) in [6, 6.07) is 5.80. The zero-order valence-corrected chi connectivity index (χ0v) is 18.4. The molecule has 0 unspecified atom stereocenters. The molecule has 0 saturated carbocycles. The Balaban J connectivity index is 1.90. The minimum atomic E-state index is -3.57. The van der Waals surface area contributed by atoms with Crippen molar-refractivity contribution in [2.75, 3.05) is 36.9 Å². The number of rotatable bonds is 11. The lowest BCUT2D eigenvalue weighted by Crippen LogP contribution is -2.30. The van der Waals surface area contributed by atoms with Crippen LogP contribution in [-0.4, -0.2) is 55.8 Å². The summed E-state index contributed by atoms with van der Waals surface area (Å²) in [6.45, 7) is 7.87. The van der Waals surface area contributed by atoms with Gasteiger partial charge in [-0.2, -0.15) is 4.31 Å². The topological polar surface area (TPSA) is 118 Å². The van der Waals surface area contributed by atoms with Gasteiger partial charge < -0.3 is 15.4 Å². The Hall–Kier alpha value is -2.76. The van der Waals surface area contributed by atoms with Crippen LogP contribution >= 0.6 is 11.3 Å². The minimum absolute atomic E-state index is 0.102. The lowest BCUT2D eigenvalue weighted by Gasteiger charge is -2.18. The molecule has 162 valence electrons. The number of hydrogen-bond acceptors (Lipinski definition) is 8. The molecule has 1 amide bonds. The van der Waals surface area contributed by atoms with Gasteiger partial charge in [0.05, 0.1) is 4.90 Å². The van der Waals surface area contributed by atoms with Crippen molar-refractivity contribution in [2.45, 2.75) is 18.7 Å². The molecule has 0 saturated heterocycles. The monoisotopic (exact) mass is 452 g/mol. The van der Waals surface area contributed by atoms with Gasteiger partial charge in [-0.05, 0) is 24.3 Å². The van der Waals surface area contributed by atoms with Crippen molar-refractivity contribution in [3.05, 3.63) is 48.0 Å². The number of amides is 1. The number of sulfonamides is 1. The van der Waals surface area contributed by atoms with E-state index in [1.807, 2.05) is 0 Å². The Kier molecular flexibility index (Phi) is 8.51. The summed E-state index contributed by atoms with van der Waals surface area (Å²) in [7, 11) is -3.57. The van der Waals surface area contributed by atoms with E-state index in [2.05, 4.69) is 22.2 Å². The molecule has 30 heavy (non-hydrogen) atoms. The number of ether oxygens (including phenoxy) is 1. The Morgan fingerprint density at radius 2 is 1.90 bits per heavy atom. The highest BCUT2D eigenvalue weighted by molar-refractivity contribution is 7.89. The van der Waals surface area contributed by atoms with Crippen LogP contribution in [0.15, 0.2) is 47.2 Å². The first kappa shape index (κ1) is 23.5. The first-order valence-corrected chi connectivity index (χ1v) is 11.5. The molecule has 2 N–H and O–H groups in total. The van der Waals surface area contributed by atoms with Crippen molar-refractivity contribution in [1.82, 2.24) is 9.29 Å². The van der Waals surface area contributed by atoms with Crippen molar-refractivity contribution in [3.63, 3.8) is 0 Å². The van der Waals surface area contributed by atoms with E-state index in [1.54, 1.807) is 19.9 Å². The van der Waals surface area contributed by atoms with Crippen LogP contribution in [0.4, 0.5) is 10.8 Å². The highest BCUT2D eigenvalue weighted by Crippen LogP contribution is 2.18. The van der Waals surface area contributed by atoms with Crippen LogP contribution in [0.1, 0.15) is 24.3 Å². The quantitative estimate of drug-likeness (QED) is 0.397. The highest BCUT2D eigenvalue weighted by atomic mass is 32.2. The van der Waals surface area contributed by atoms with Gasteiger partial charge in [0, 0.05) is 30.7 Å². The van der Waals surface area contributed by atoms with Gasteiger partial charge in [0.2, 0.25) is 10.0 Å². The predicted molar refractivity (Wildman–Crippen MR) is 116 cm³/mol. The van der Waals surface area contributed by atoms with E-state index < -0.39 is 28.5 Å². The molecule has 0 aliphatic carbocycles. The fourth-order valence-electron chi connectivity index (χ4n) is 2.43. The van der Waals surface area contributed by atoms with E-state index in [-0.39, 0.29) is 10.6 Å². The zero-order chi connectivity index (χ0) is 22.1. The number of nitrogens with one attached hydrogen (secondary N) is 2. The summed E-state index contributed by atoms with van der Waals surface area (Å²) in [5, 5.41) is 7.58. The summed E-state index contributed by atoms with van der Waals surface area (Å²) in [5.74, 6) is -1.27. The molecular weight excluding hydrogens is 428 g/mol. The Morgan fingerprint density at radius 3 is 2.50 bits per heavy atom. The van der Waals surface area contributed by atoms with Crippen molar-refractivity contribution < 1.29 is 22.7 Å². The van der Waals surface area contributed by atoms with Gasteiger partial charge in [-0.3, -0.25) is 4.79 Å².